The second kappa shape index (κ2) is 13.1. The first-order valence-electron chi connectivity index (χ1n) is 25.0. The van der Waals surface area contributed by atoms with Gasteiger partial charge in [-0.05, 0) is 162 Å². The molecule has 0 atom stereocenters. The molecule has 11 aromatic carbocycles. The van der Waals surface area contributed by atoms with E-state index in [-0.39, 0.29) is 10.8 Å². The maximum atomic E-state index is 7.10. The van der Waals surface area contributed by atoms with Gasteiger partial charge < -0.3 is 17.7 Å². The maximum Gasteiger partial charge on any atom is 0.144 e. The molecule has 17 rings (SSSR count). The monoisotopic (exact) mass is 922 g/mol. The zero-order valence-corrected chi connectivity index (χ0v) is 40.0. The number of hydrogen-bond donors (Lipinski definition) is 0. The average Bonchev–Trinajstić information content (AvgIpc) is 4.23. The van der Waals surface area contributed by atoms with Crippen molar-refractivity contribution < 1.29 is 17.7 Å². The highest BCUT2D eigenvalue weighted by Crippen LogP contribution is 2.61. The van der Waals surface area contributed by atoms with Crippen LogP contribution in [0.5, 0.6) is 0 Å². The summed E-state index contributed by atoms with van der Waals surface area (Å²) >= 11 is 0. The molecule has 0 amide bonds. The number of furan rings is 4. The second-order valence-corrected chi connectivity index (χ2v) is 21.5. The molecule has 4 heterocycles. The van der Waals surface area contributed by atoms with Crippen LogP contribution in [0.3, 0.4) is 0 Å². The Balaban J connectivity index is 0.874. The van der Waals surface area contributed by atoms with E-state index in [4.69, 9.17) is 17.7 Å². The molecule has 0 radical (unpaired) electrons. The van der Waals surface area contributed by atoms with Gasteiger partial charge in [-0.1, -0.05) is 125 Å². The van der Waals surface area contributed by atoms with E-state index in [1.54, 1.807) is 0 Å². The lowest BCUT2D eigenvalue weighted by Crippen LogP contribution is -2.17. The van der Waals surface area contributed by atoms with E-state index < -0.39 is 0 Å². The van der Waals surface area contributed by atoms with Crippen molar-refractivity contribution in [3.8, 4) is 44.5 Å². The topological polar surface area (TPSA) is 52.6 Å². The fraction of sp³-hybridized carbons (Fsp3) is 0.0882. The van der Waals surface area contributed by atoms with Crippen LogP contribution in [0, 0.1) is 0 Å². The quantitative estimate of drug-likeness (QED) is 0.173. The summed E-state index contributed by atoms with van der Waals surface area (Å²) in [6, 6.07) is 66.2. The van der Waals surface area contributed by atoms with Crippen molar-refractivity contribution >= 4 is 109 Å². The summed E-state index contributed by atoms with van der Waals surface area (Å²) in [5.74, 6) is 0. The van der Waals surface area contributed by atoms with E-state index in [1.807, 2.05) is 0 Å². The summed E-state index contributed by atoms with van der Waals surface area (Å²) in [5, 5.41) is 13.7. The molecule has 4 heteroatoms. The Hall–Kier alpha value is -8.86. The third-order valence-corrected chi connectivity index (χ3v) is 17.0. The lowest BCUT2D eigenvalue weighted by molar-refractivity contribution is 0.648. The molecule has 2 aliphatic rings. The number of para-hydroxylation sites is 2. The van der Waals surface area contributed by atoms with E-state index in [2.05, 4.69) is 210 Å². The maximum absolute atomic E-state index is 7.10. The van der Waals surface area contributed by atoms with Crippen molar-refractivity contribution in [1.29, 1.82) is 0 Å². The summed E-state index contributed by atoms with van der Waals surface area (Å²) in [4.78, 5) is 0. The minimum absolute atomic E-state index is 0.362. The molecule has 0 fully saturated rings. The highest BCUT2D eigenvalue weighted by molar-refractivity contribution is 6.22. The van der Waals surface area contributed by atoms with Crippen molar-refractivity contribution in [2.24, 2.45) is 0 Å². The summed E-state index contributed by atoms with van der Waals surface area (Å²) < 4.78 is 27.5. The molecule has 4 aromatic heterocycles. The number of rotatable bonds is 2. The van der Waals surface area contributed by atoms with Crippen LogP contribution in [-0.2, 0) is 10.8 Å². The molecule has 0 N–H and O–H groups in total. The van der Waals surface area contributed by atoms with Crippen LogP contribution in [0.1, 0.15) is 49.9 Å². The SMILES string of the molecule is CC1(C)c2cc3c(cc2-c2c1cc(-c1ccc4c(c1)oc1cc5ccccc5cc14)c1c2oc2ccccc21)C(C)(C)c1cc(-c2ccc4c(c2)oc2cc5ccccc5cc24)c2c(oc4ccccc42)c1-3. The summed E-state index contributed by atoms with van der Waals surface area (Å²) in [6.45, 7) is 9.53. The average molecular weight is 923 g/mol. The van der Waals surface area contributed by atoms with Gasteiger partial charge in [0.2, 0.25) is 0 Å². The van der Waals surface area contributed by atoms with E-state index in [0.717, 1.165) is 110 Å². The minimum atomic E-state index is -0.362. The van der Waals surface area contributed by atoms with Crippen molar-refractivity contribution in [1.82, 2.24) is 0 Å². The van der Waals surface area contributed by atoms with Crippen molar-refractivity contribution in [2.45, 2.75) is 38.5 Å². The lowest BCUT2D eigenvalue weighted by atomic mass is 9.78. The van der Waals surface area contributed by atoms with Crippen molar-refractivity contribution in [2.75, 3.05) is 0 Å². The first-order chi connectivity index (χ1) is 35.2. The molecular formula is C68H42O4. The van der Waals surface area contributed by atoms with Crippen LogP contribution in [0.4, 0.5) is 0 Å². The molecule has 0 bridgehead atoms. The van der Waals surface area contributed by atoms with Gasteiger partial charge in [-0.15, -0.1) is 0 Å². The van der Waals surface area contributed by atoms with Crippen LogP contribution < -0.4 is 0 Å². The largest absolute Gasteiger partial charge is 0.456 e. The van der Waals surface area contributed by atoms with Crippen LogP contribution in [0.25, 0.3) is 154 Å². The van der Waals surface area contributed by atoms with Gasteiger partial charge >= 0.3 is 0 Å². The van der Waals surface area contributed by atoms with Gasteiger partial charge in [-0.2, -0.15) is 0 Å². The van der Waals surface area contributed by atoms with E-state index in [1.165, 1.54) is 66.1 Å². The molecule has 338 valence electrons. The smallest absolute Gasteiger partial charge is 0.144 e. The Bertz CT molecular complexity index is 4670. The molecule has 0 saturated carbocycles. The van der Waals surface area contributed by atoms with Crippen LogP contribution in [-0.4, -0.2) is 0 Å². The molecule has 0 spiro atoms. The van der Waals surface area contributed by atoms with Crippen LogP contribution >= 0.6 is 0 Å². The molecule has 0 saturated heterocycles. The molecule has 2 aliphatic carbocycles. The highest BCUT2D eigenvalue weighted by Gasteiger charge is 2.45. The molecule has 72 heavy (non-hydrogen) atoms. The summed E-state index contributed by atoms with van der Waals surface area (Å²) in [7, 11) is 0. The summed E-state index contributed by atoms with van der Waals surface area (Å²) in [6.07, 6.45) is 0. The first kappa shape index (κ1) is 38.9. The Morgan fingerprint density at radius 1 is 0.278 bits per heavy atom. The molecule has 15 aromatic rings. The standard InChI is InChI=1S/C68H42O4/c1-67(2)51-33-50-52(34-49(51)63-53(67)31-45(61-43-17-9-11-19-55(43)71-65(61)63)39-21-23-41-47-25-35-13-5-7-15-37(35)27-59(47)69-57(41)29-39)68(3,4)54-32-46(62-44-18-10-12-20-56(44)72-66(62)64(50)54)40-22-24-42-48-26-36-14-6-8-16-38(36)28-60(48)70-58(42)30-40/h5-34H,1-4H3. The first-order valence-corrected chi connectivity index (χ1v) is 25.0. The third kappa shape index (κ3) is 4.87. The normalized spacial score (nSPS) is 14.6. The molecular weight excluding hydrogens is 881 g/mol. The van der Waals surface area contributed by atoms with Gasteiger partial charge in [0.25, 0.3) is 0 Å². The fourth-order valence-corrected chi connectivity index (χ4v) is 13.4. The Kier molecular flexibility index (Phi) is 7.08. The number of fused-ring (bicyclic) bond motifs is 22. The predicted molar refractivity (Wildman–Crippen MR) is 297 cm³/mol. The van der Waals surface area contributed by atoms with Crippen LogP contribution in [0.15, 0.2) is 200 Å². The summed E-state index contributed by atoms with van der Waals surface area (Å²) in [5.41, 5.74) is 20.9. The minimum Gasteiger partial charge on any atom is -0.456 e. The van der Waals surface area contributed by atoms with E-state index in [9.17, 15) is 0 Å². The fourth-order valence-electron chi connectivity index (χ4n) is 13.4. The Morgan fingerprint density at radius 3 is 1.10 bits per heavy atom. The van der Waals surface area contributed by atoms with Gasteiger partial charge in [0.15, 0.2) is 0 Å². The zero-order valence-electron chi connectivity index (χ0n) is 40.0. The third-order valence-electron chi connectivity index (χ3n) is 17.0. The Morgan fingerprint density at radius 2 is 0.653 bits per heavy atom. The molecule has 0 aliphatic heterocycles. The van der Waals surface area contributed by atoms with Gasteiger partial charge in [0.1, 0.15) is 44.7 Å². The van der Waals surface area contributed by atoms with Crippen molar-refractivity contribution in [3.05, 3.63) is 204 Å². The number of hydrogen-bond acceptors (Lipinski definition) is 4. The zero-order chi connectivity index (χ0) is 47.5. The van der Waals surface area contributed by atoms with E-state index >= 15 is 0 Å². The second-order valence-electron chi connectivity index (χ2n) is 21.5. The van der Waals surface area contributed by atoms with Gasteiger partial charge in [0.05, 0.1) is 0 Å². The molecule has 4 nitrogen and oxygen atoms in total. The van der Waals surface area contributed by atoms with Gasteiger partial charge in [0, 0.05) is 65.0 Å². The molecule has 0 unspecified atom stereocenters. The highest BCUT2D eigenvalue weighted by atomic mass is 16.3. The predicted octanol–water partition coefficient (Wildman–Crippen LogP) is 19.5. The lowest BCUT2D eigenvalue weighted by Gasteiger charge is -2.24. The number of benzene rings is 11. The van der Waals surface area contributed by atoms with Gasteiger partial charge in [-0.25, -0.2) is 0 Å². The van der Waals surface area contributed by atoms with Crippen LogP contribution in [0.2, 0.25) is 0 Å². The van der Waals surface area contributed by atoms with Crippen molar-refractivity contribution in [3.63, 3.8) is 0 Å². The Labute approximate surface area is 412 Å². The van der Waals surface area contributed by atoms with Gasteiger partial charge in [-0.3, -0.25) is 0 Å². The van der Waals surface area contributed by atoms with E-state index in [0.29, 0.717) is 0 Å².